The molecule has 0 radical (unpaired) electrons. The van der Waals surface area contributed by atoms with Crippen LogP contribution < -0.4 is 5.32 Å². The van der Waals surface area contributed by atoms with Crippen LogP contribution in [0, 0.1) is 5.92 Å². The Morgan fingerprint density at radius 1 is 1.16 bits per heavy atom. The maximum absolute atomic E-state index is 13.0. The van der Waals surface area contributed by atoms with E-state index in [-0.39, 0.29) is 17.9 Å². The smallest absolute Gasteiger partial charge is 0.379 e. The van der Waals surface area contributed by atoms with Crippen LogP contribution in [-0.4, -0.2) is 44.7 Å². The van der Waals surface area contributed by atoms with Gasteiger partial charge in [0.05, 0.1) is 30.3 Å². The van der Waals surface area contributed by atoms with Crippen molar-refractivity contribution in [2.24, 2.45) is 13.0 Å². The maximum atomic E-state index is 13.0. The van der Waals surface area contributed by atoms with Gasteiger partial charge in [-0.2, -0.15) is 13.2 Å². The third-order valence-corrected chi connectivity index (χ3v) is 5.90. The SMILES string of the molecule is C[C@H]1COC[C@@H]1NC(=O)c1ccc2c(c1)c1nnn(C)c1n2-c1ccc(C(F)(F)F)cc1. The second-order valence-corrected chi connectivity index (χ2v) is 8.09. The van der Waals surface area contributed by atoms with Gasteiger partial charge in [0.25, 0.3) is 5.91 Å². The van der Waals surface area contributed by atoms with Gasteiger partial charge in [-0.05, 0) is 42.5 Å². The van der Waals surface area contributed by atoms with E-state index in [1.54, 1.807) is 34.5 Å². The molecule has 2 atom stereocenters. The van der Waals surface area contributed by atoms with E-state index in [9.17, 15) is 18.0 Å². The van der Waals surface area contributed by atoms with Crippen LogP contribution >= 0.6 is 0 Å². The lowest BCUT2D eigenvalue weighted by Gasteiger charge is -2.15. The third kappa shape index (κ3) is 3.31. The number of nitrogens with zero attached hydrogens (tertiary/aromatic N) is 4. The molecular formula is C22H20F3N5O2. The quantitative estimate of drug-likeness (QED) is 0.524. The van der Waals surface area contributed by atoms with Crippen LogP contribution in [0.3, 0.4) is 0 Å². The van der Waals surface area contributed by atoms with Gasteiger partial charge in [0.2, 0.25) is 0 Å². The summed E-state index contributed by atoms with van der Waals surface area (Å²) in [6.07, 6.45) is -4.41. The van der Waals surface area contributed by atoms with Gasteiger partial charge in [0.15, 0.2) is 5.65 Å². The number of carbonyl (C=O) groups excluding carboxylic acids is 1. The van der Waals surface area contributed by atoms with Gasteiger partial charge in [0.1, 0.15) is 5.52 Å². The molecule has 1 aliphatic rings. The summed E-state index contributed by atoms with van der Waals surface area (Å²) in [5.74, 6) is 0.0173. The van der Waals surface area contributed by atoms with Crippen LogP contribution in [0.2, 0.25) is 0 Å². The minimum atomic E-state index is -4.41. The van der Waals surface area contributed by atoms with Gasteiger partial charge in [-0.3, -0.25) is 9.36 Å². The highest BCUT2D eigenvalue weighted by molar-refractivity contribution is 6.09. The molecule has 1 amide bonds. The molecule has 4 aromatic rings. The summed E-state index contributed by atoms with van der Waals surface area (Å²) in [6, 6.07) is 10.1. The van der Waals surface area contributed by atoms with Crippen molar-refractivity contribution in [1.82, 2.24) is 24.9 Å². The van der Waals surface area contributed by atoms with E-state index in [1.165, 1.54) is 12.1 Å². The fourth-order valence-corrected chi connectivity index (χ4v) is 4.11. The number of rotatable bonds is 3. The molecule has 0 spiro atoms. The first-order chi connectivity index (χ1) is 15.2. The highest BCUT2D eigenvalue weighted by Gasteiger charge is 2.30. The second-order valence-electron chi connectivity index (χ2n) is 8.09. The van der Waals surface area contributed by atoms with Gasteiger partial charge >= 0.3 is 6.18 Å². The lowest BCUT2D eigenvalue weighted by molar-refractivity contribution is -0.137. The normalized spacial score (nSPS) is 19.2. The van der Waals surface area contributed by atoms with E-state index in [2.05, 4.69) is 15.6 Å². The van der Waals surface area contributed by atoms with Gasteiger partial charge < -0.3 is 10.1 Å². The molecule has 1 N–H and O–H groups in total. The predicted octanol–water partition coefficient (Wildman–Crippen LogP) is 3.70. The lowest BCUT2D eigenvalue weighted by Crippen LogP contribution is -2.38. The highest BCUT2D eigenvalue weighted by atomic mass is 19.4. The summed E-state index contributed by atoms with van der Waals surface area (Å²) in [5, 5.41) is 12.0. The van der Waals surface area contributed by atoms with Gasteiger partial charge in [-0.15, -0.1) is 5.10 Å². The first-order valence-corrected chi connectivity index (χ1v) is 10.1. The summed E-state index contributed by atoms with van der Waals surface area (Å²) < 4.78 is 47.7. The third-order valence-electron chi connectivity index (χ3n) is 5.90. The number of alkyl halides is 3. The zero-order valence-electron chi connectivity index (χ0n) is 17.3. The lowest BCUT2D eigenvalue weighted by atomic mass is 10.1. The largest absolute Gasteiger partial charge is 0.416 e. The first kappa shape index (κ1) is 20.5. The van der Waals surface area contributed by atoms with Crippen molar-refractivity contribution in [3.8, 4) is 5.69 Å². The Balaban J connectivity index is 1.59. The molecule has 1 saturated heterocycles. The Bertz CT molecular complexity index is 1320. The molecule has 7 nitrogen and oxygen atoms in total. The van der Waals surface area contributed by atoms with Crippen LogP contribution in [0.1, 0.15) is 22.8 Å². The average molecular weight is 443 g/mol. The molecule has 2 aromatic carbocycles. The van der Waals surface area contributed by atoms with E-state index >= 15 is 0 Å². The Morgan fingerprint density at radius 2 is 1.91 bits per heavy atom. The number of amides is 1. The summed E-state index contributed by atoms with van der Waals surface area (Å²) in [4.78, 5) is 12.8. The summed E-state index contributed by atoms with van der Waals surface area (Å²) in [7, 11) is 1.71. The van der Waals surface area contributed by atoms with Gasteiger partial charge in [0, 0.05) is 29.6 Å². The van der Waals surface area contributed by atoms with Crippen molar-refractivity contribution in [1.29, 1.82) is 0 Å². The molecule has 2 aromatic heterocycles. The molecule has 0 aliphatic carbocycles. The zero-order chi connectivity index (χ0) is 22.6. The van der Waals surface area contributed by atoms with E-state index in [4.69, 9.17) is 4.74 Å². The van der Waals surface area contributed by atoms with E-state index in [1.807, 2.05) is 6.92 Å². The van der Waals surface area contributed by atoms with Crippen molar-refractivity contribution >= 4 is 28.0 Å². The van der Waals surface area contributed by atoms with E-state index in [0.29, 0.717) is 41.0 Å². The van der Waals surface area contributed by atoms with Crippen LogP contribution in [0.25, 0.3) is 27.8 Å². The van der Waals surface area contributed by atoms with Crippen LogP contribution in [0.15, 0.2) is 42.5 Å². The maximum Gasteiger partial charge on any atom is 0.416 e. The molecule has 10 heteroatoms. The summed E-state index contributed by atoms with van der Waals surface area (Å²) in [6.45, 7) is 3.11. The molecule has 0 bridgehead atoms. The monoisotopic (exact) mass is 443 g/mol. The van der Waals surface area contributed by atoms with Crippen LogP contribution in [-0.2, 0) is 18.0 Å². The fraction of sp³-hybridized carbons (Fsp3) is 0.318. The number of halogens is 3. The molecule has 166 valence electrons. The van der Waals surface area contributed by atoms with Crippen molar-refractivity contribution < 1.29 is 22.7 Å². The first-order valence-electron chi connectivity index (χ1n) is 10.1. The second kappa shape index (κ2) is 7.33. The minimum Gasteiger partial charge on any atom is -0.379 e. The number of hydrogen-bond acceptors (Lipinski definition) is 4. The van der Waals surface area contributed by atoms with Crippen LogP contribution in [0.5, 0.6) is 0 Å². The molecule has 0 unspecified atom stereocenters. The Morgan fingerprint density at radius 3 is 2.56 bits per heavy atom. The standard InChI is InChI=1S/C22H20F3N5O2/c1-12-10-32-11-17(12)26-20(31)13-3-8-18-16(9-13)19-21(29(2)28-27-19)30(18)15-6-4-14(5-7-15)22(23,24)25/h3-9,12,17H,10-11H2,1-2H3,(H,26,31)/t12-,17-/m0/s1. The zero-order valence-corrected chi connectivity index (χ0v) is 17.3. The number of ether oxygens (including phenoxy) is 1. The van der Waals surface area contributed by atoms with E-state index < -0.39 is 11.7 Å². The number of aryl methyl sites for hydroxylation is 1. The van der Waals surface area contributed by atoms with E-state index in [0.717, 1.165) is 17.6 Å². The number of benzene rings is 2. The number of fused-ring (bicyclic) bond motifs is 3. The molecule has 3 heterocycles. The van der Waals surface area contributed by atoms with Gasteiger partial charge in [-0.25, -0.2) is 4.68 Å². The molecular weight excluding hydrogens is 423 g/mol. The Hall–Kier alpha value is -3.40. The molecule has 32 heavy (non-hydrogen) atoms. The van der Waals surface area contributed by atoms with Crippen molar-refractivity contribution in [3.05, 3.63) is 53.6 Å². The van der Waals surface area contributed by atoms with Gasteiger partial charge in [-0.1, -0.05) is 12.1 Å². The van der Waals surface area contributed by atoms with Crippen molar-refractivity contribution in [2.75, 3.05) is 13.2 Å². The molecule has 5 rings (SSSR count). The molecule has 1 fully saturated rings. The number of nitrogens with one attached hydrogen (secondary N) is 1. The highest BCUT2D eigenvalue weighted by Crippen LogP contribution is 2.33. The molecule has 1 aliphatic heterocycles. The fourth-order valence-electron chi connectivity index (χ4n) is 4.11. The Labute approximate surface area is 180 Å². The van der Waals surface area contributed by atoms with Crippen molar-refractivity contribution in [2.45, 2.75) is 19.1 Å². The predicted molar refractivity (Wildman–Crippen MR) is 112 cm³/mol. The number of carbonyl (C=O) groups is 1. The molecule has 0 saturated carbocycles. The number of aromatic nitrogens is 4. The summed E-state index contributed by atoms with van der Waals surface area (Å²) in [5.41, 5.74) is 2.19. The van der Waals surface area contributed by atoms with Crippen molar-refractivity contribution in [3.63, 3.8) is 0 Å². The summed E-state index contributed by atoms with van der Waals surface area (Å²) >= 11 is 0. The Kier molecular flexibility index (Phi) is 4.70. The minimum absolute atomic E-state index is 0.0496. The number of hydrogen-bond donors (Lipinski definition) is 1. The average Bonchev–Trinajstić information content (AvgIpc) is 3.43. The topological polar surface area (TPSA) is 74.0 Å². The van der Waals surface area contributed by atoms with Crippen LogP contribution in [0.4, 0.5) is 13.2 Å².